The molecule has 0 atom stereocenters. The Hall–Kier alpha value is -2.08. The minimum atomic E-state index is -0.122. The lowest BCUT2D eigenvalue weighted by Gasteiger charge is -2.19. The first-order valence-corrected chi connectivity index (χ1v) is 9.14. The highest BCUT2D eigenvalue weighted by Gasteiger charge is 2.19. The van der Waals surface area contributed by atoms with E-state index < -0.39 is 0 Å². The zero-order valence-electron chi connectivity index (χ0n) is 15.5. The van der Waals surface area contributed by atoms with Gasteiger partial charge in [0.25, 0.3) is 5.91 Å². The number of anilines is 3. The van der Waals surface area contributed by atoms with Gasteiger partial charge in [-0.1, -0.05) is 17.7 Å². The standard InChI is InChI=1S/C20H25ClN4O/c1-24(2)10-11-25(3)9-8-14-4-7-17-19(12-14)23-20(26)16-6-5-15(21)13-18(16)22-17/h4-7,12-13,22H,8-11H2,1-3H3,(H,23,26). The van der Waals surface area contributed by atoms with Crippen LogP contribution < -0.4 is 10.6 Å². The van der Waals surface area contributed by atoms with Gasteiger partial charge in [-0.05, 0) is 63.5 Å². The van der Waals surface area contributed by atoms with Crippen LogP contribution in [0.5, 0.6) is 0 Å². The van der Waals surface area contributed by atoms with E-state index in [1.54, 1.807) is 18.2 Å². The van der Waals surface area contributed by atoms with E-state index in [1.807, 2.05) is 12.1 Å². The summed E-state index contributed by atoms with van der Waals surface area (Å²) < 4.78 is 0. The van der Waals surface area contributed by atoms with Crippen molar-refractivity contribution < 1.29 is 4.79 Å². The summed E-state index contributed by atoms with van der Waals surface area (Å²) >= 11 is 6.07. The van der Waals surface area contributed by atoms with E-state index in [4.69, 9.17) is 11.6 Å². The molecule has 1 aliphatic heterocycles. The third-order valence-electron chi connectivity index (χ3n) is 4.54. The minimum absolute atomic E-state index is 0.122. The fraction of sp³-hybridized carbons (Fsp3) is 0.350. The Morgan fingerprint density at radius 3 is 2.46 bits per heavy atom. The average molecular weight is 373 g/mol. The predicted octanol–water partition coefficient (Wildman–Crippen LogP) is 3.69. The molecule has 1 amide bonds. The third kappa shape index (κ3) is 4.55. The summed E-state index contributed by atoms with van der Waals surface area (Å²) in [6, 6.07) is 11.4. The highest BCUT2D eigenvalue weighted by Crippen LogP contribution is 2.34. The molecule has 0 fully saturated rings. The molecular weight excluding hydrogens is 348 g/mol. The van der Waals surface area contributed by atoms with Crippen LogP contribution in [0.1, 0.15) is 15.9 Å². The molecule has 5 nitrogen and oxygen atoms in total. The van der Waals surface area contributed by atoms with Crippen molar-refractivity contribution >= 4 is 34.6 Å². The normalized spacial score (nSPS) is 13.1. The van der Waals surface area contributed by atoms with Crippen LogP contribution in [-0.2, 0) is 6.42 Å². The lowest BCUT2D eigenvalue weighted by atomic mass is 10.1. The highest BCUT2D eigenvalue weighted by atomic mass is 35.5. The number of hydrogen-bond acceptors (Lipinski definition) is 4. The molecule has 0 bridgehead atoms. The largest absolute Gasteiger partial charge is 0.353 e. The van der Waals surface area contributed by atoms with E-state index in [9.17, 15) is 4.79 Å². The van der Waals surface area contributed by atoms with Crippen molar-refractivity contribution in [1.29, 1.82) is 0 Å². The fourth-order valence-corrected chi connectivity index (χ4v) is 3.09. The van der Waals surface area contributed by atoms with E-state index >= 15 is 0 Å². The molecule has 0 saturated carbocycles. The number of hydrogen-bond donors (Lipinski definition) is 2. The summed E-state index contributed by atoms with van der Waals surface area (Å²) in [5.74, 6) is -0.122. The third-order valence-corrected chi connectivity index (χ3v) is 4.77. The summed E-state index contributed by atoms with van der Waals surface area (Å²) in [7, 11) is 6.30. The molecule has 26 heavy (non-hydrogen) atoms. The van der Waals surface area contributed by atoms with Crippen LogP contribution in [0.4, 0.5) is 17.1 Å². The average Bonchev–Trinajstić information content (AvgIpc) is 2.72. The van der Waals surface area contributed by atoms with Crippen LogP contribution >= 0.6 is 11.6 Å². The van der Waals surface area contributed by atoms with Gasteiger partial charge in [-0.2, -0.15) is 0 Å². The summed E-state index contributed by atoms with van der Waals surface area (Å²) in [5.41, 5.74) is 4.20. The van der Waals surface area contributed by atoms with Crippen LogP contribution in [0.25, 0.3) is 0 Å². The van der Waals surface area contributed by atoms with E-state index in [-0.39, 0.29) is 5.91 Å². The van der Waals surface area contributed by atoms with Gasteiger partial charge in [0.05, 0.1) is 22.6 Å². The minimum Gasteiger partial charge on any atom is -0.353 e. The van der Waals surface area contributed by atoms with E-state index in [1.165, 1.54) is 5.56 Å². The van der Waals surface area contributed by atoms with Gasteiger partial charge in [-0.25, -0.2) is 0 Å². The summed E-state index contributed by atoms with van der Waals surface area (Å²) in [6.07, 6.45) is 0.936. The Kier molecular flexibility index (Phi) is 5.81. The Morgan fingerprint density at radius 1 is 0.885 bits per heavy atom. The molecule has 0 spiro atoms. The molecule has 138 valence electrons. The van der Waals surface area contributed by atoms with Gasteiger partial charge in [0.1, 0.15) is 0 Å². The van der Waals surface area contributed by atoms with Gasteiger partial charge in [0.2, 0.25) is 0 Å². The second-order valence-corrected chi connectivity index (χ2v) is 7.44. The number of nitrogens with zero attached hydrogens (tertiary/aromatic N) is 2. The molecule has 0 radical (unpaired) electrons. The van der Waals surface area contributed by atoms with Crippen molar-refractivity contribution in [3.05, 3.63) is 52.5 Å². The van der Waals surface area contributed by atoms with E-state index in [0.717, 1.165) is 43.1 Å². The van der Waals surface area contributed by atoms with Crippen LogP contribution in [-0.4, -0.2) is 56.5 Å². The number of fused-ring (bicyclic) bond motifs is 2. The molecule has 1 aliphatic rings. The number of amides is 1. The molecule has 0 aromatic heterocycles. The topological polar surface area (TPSA) is 47.6 Å². The number of benzene rings is 2. The van der Waals surface area contributed by atoms with Gasteiger partial charge in [-0.15, -0.1) is 0 Å². The smallest absolute Gasteiger partial charge is 0.257 e. The van der Waals surface area contributed by atoms with Gasteiger partial charge in [0, 0.05) is 24.7 Å². The number of nitrogens with one attached hydrogen (secondary N) is 2. The maximum absolute atomic E-state index is 12.5. The maximum Gasteiger partial charge on any atom is 0.257 e. The second kappa shape index (κ2) is 8.08. The lowest BCUT2D eigenvalue weighted by molar-refractivity contribution is 0.102. The fourth-order valence-electron chi connectivity index (χ4n) is 2.91. The molecule has 0 aliphatic carbocycles. The Labute approximate surface area is 159 Å². The number of carbonyl (C=O) groups excluding carboxylic acids is 1. The number of halogens is 1. The molecule has 6 heteroatoms. The molecular formula is C20H25ClN4O. The van der Waals surface area contributed by atoms with E-state index in [0.29, 0.717) is 10.6 Å². The molecule has 2 aromatic carbocycles. The van der Waals surface area contributed by atoms with Gasteiger partial charge in [-0.3, -0.25) is 4.79 Å². The first-order chi connectivity index (χ1) is 12.4. The van der Waals surface area contributed by atoms with E-state index in [2.05, 4.69) is 47.6 Å². The van der Waals surface area contributed by atoms with Gasteiger partial charge < -0.3 is 20.4 Å². The van der Waals surface area contributed by atoms with Crippen LogP contribution in [0.3, 0.4) is 0 Å². The van der Waals surface area contributed by atoms with Crippen molar-refractivity contribution in [3.8, 4) is 0 Å². The zero-order valence-corrected chi connectivity index (χ0v) is 16.2. The van der Waals surface area contributed by atoms with Crippen molar-refractivity contribution in [2.75, 3.05) is 51.4 Å². The van der Waals surface area contributed by atoms with Crippen molar-refractivity contribution in [3.63, 3.8) is 0 Å². The summed E-state index contributed by atoms with van der Waals surface area (Å²) in [4.78, 5) is 17.0. The monoisotopic (exact) mass is 372 g/mol. The Morgan fingerprint density at radius 2 is 1.69 bits per heavy atom. The first-order valence-electron chi connectivity index (χ1n) is 8.76. The maximum atomic E-state index is 12.5. The number of rotatable bonds is 6. The lowest BCUT2D eigenvalue weighted by Crippen LogP contribution is -2.30. The molecule has 3 rings (SSSR count). The molecule has 0 unspecified atom stereocenters. The van der Waals surface area contributed by atoms with Crippen molar-refractivity contribution in [1.82, 2.24) is 9.80 Å². The number of carbonyl (C=O) groups is 1. The van der Waals surface area contributed by atoms with Gasteiger partial charge in [0.15, 0.2) is 0 Å². The van der Waals surface area contributed by atoms with Crippen LogP contribution in [0.15, 0.2) is 36.4 Å². The molecule has 1 heterocycles. The first kappa shape index (κ1) is 18.7. The van der Waals surface area contributed by atoms with Crippen LogP contribution in [0.2, 0.25) is 5.02 Å². The summed E-state index contributed by atoms with van der Waals surface area (Å²) in [6.45, 7) is 3.05. The molecule has 2 aromatic rings. The van der Waals surface area contributed by atoms with Gasteiger partial charge >= 0.3 is 0 Å². The zero-order chi connectivity index (χ0) is 18.7. The van der Waals surface area contributed by atoms with Crippen molar-refractivity contribution in [2.24, 2.45) is 0 Å². The summed E-state index contributed by atoms with van der Waals surface area (Å²) in [5, 5.41) is 6.92. The Bertz CT molecular complexity index is 806. The van der Waals surface area contributed by atoms with Crippen LogP contribution in [0, 0.1) is 0 Å². The second-order valence-electron chi connectivity index (χ2n) is 7.01. The molecule has 0 saturated heterocycles. The molecule has 2 N–H and O–H groups in total. The van der Waals surface area contributed by atoms with Crippen molar-refractivity contribution in [2.45, 2.75) is 6.42 Å². The predicted molar refractivity (Wildman–Crippen MR) is 109 cm³/mol. The quantitative estimate of drug-likeness (QED) is 0.812. The highest BCUT2D eigenvalue weighted by molar-refractivity contribution is 6.31. The Balaban J connectivity index is 1.71. The SMILES string of the molecule is CN(C)CCN(C)CCc1ccc2c(c1)NC(=O)c1ccc(Cl)cc1N2. The number of likely N-dealkylation sites (N-methyl/N-ethyl adjacent to an activating group) is 2.